The van der Waals surface area contributed by atoms with E-state index in [4.69, 9.17) is 9.05 Å². The van der Waals surface area contributed by atoms with E-state index in [0.717, 1.165) is 6.07 Å². The molecule has 0 aliphatic rings. The Morgan fingerprint density at radius 3 is 2.28 bits per heavy atom. The van der Waals surface area contributed by atoms with Crippen LogP contribution in [0.5, 0.6) is 0 Å². The molecule has 0 spiro atoms. The Bertz CT molecular complexity index is 458. The highest BCUT2D eigenvalue weighted by atomic mass is 79.9. The standard InChI is InChI=1S/C11H14BrF2O3P/c1-3-16-18(15,17-4-2)7-8-5-6-9(13)11(14)10(8)12/h5-6H,3-4,7H2,1-2H3. The minimum absolute atomic E-state index is 0.0536. The normalized spacial score (nSPS) is 11.8. The van der Waals surface area contributed by atoms with Gasteiger partial charge in [0.15, 0.2) is 11.6 Å². The third kappa shape index (κ3) is 3.85. The number of hydrogen-bond donors (Lipinski definition) is 0. The fourth-order valence-electron chi connectivity index (χ4n) is 1.42. The van der Waals surface area contributed by atoms with E-state index in [1.54, 1.807) is 13.8 Å². The summed E-state index contributed by atoms with van der Waals surface area (Å²) >= 11 is 2.94. The summed E-state index contributed by atoms with van der Waals surface area (Å²) in [6, 6.07) is 2.34. The van der Waals surface area contributed by atoms with Crippen molar-refractivity contribution in [1.82, 2.24) is 0 Å². The summed E-state index contributed by atoms with van der Waals surface area (Å²) in [7, 11) is -3.32. The lowest BCUT2D eigenvalue weighted by Crippen LogP contribution is -2.01. The van der Waals surface area contributed by atoms with Gasteiger partial charge in [0, 0.05) is 0 Å². The number of halogens is 3. The predicted molar refractivity (Wildman–Crippen MR) is 68.6 cm³/mol. The zero-order valence-corrected chi connectivity index (χ0v) is 12.6. The van der Waals surface area contributed by atoms with Crippen LogP contribution in [-0.2, 0) is 19.8 Å². The van der Waals surface area contributed by atoms with Crippen LogP contribution in [0.1, 0.15) is 19.4 Å². The molecule has 0 unspecified atom stereocenters. The zero-order valence-electron chi connectivity index (χ0n) is 10.1. The molecule has 1 aromatic carbocycles. The van der Waals surface area contributed by atoms with Crippen molar-refractivity contribution in [3.8, 4) is 0 Å². The van der Waals surface area contributed by atoms with E-state index in [1.807, 2.05) is 0 Å². The molecule has 0 aromatic heterocycles. The van der Waals surface area contributed by atoms with E-state index in [-0.39, 0.29) is 23.8 Å². The highest BCUT2D eigenvalue weighted by Crippen LogP contribution is 2.52. The Morgan fingerprint density at radius 2 is 1.78 bits per heavy atom. The molecule has 0 aliphatic heterocycles. The lowest BCUT2D eigenvalue weighted by atomic mass is 10.2. The fraction of sp³-hybridized carbons (Fsp3) is 0.455. The molecule has 0 radical (unpaired) electrons. The lowest BCUT2D eigenvalue weighted by molar-refractivity contribution is 0.219. The molecule has 0 saturated heterocycles. The van der Waals surface area contributed by atoms with Crippen LogP contribution in [0, 0.1) is 11.6 Å². The SMILES string of the molecule is CCOP(=O)(Cc1ccc(F)c(F)c1Br)OCC. The van der Waals surface area contributed by atoms with Crippen LogP contribution in [0.25, 0.3) is 0 Å². The third-order valence-corrected chi connectivity index (χ3v) is 5.02. The van der Waals surface area contributed by atoms with Gasteiger partial charge in [-0.3, -0.25) is 4.57 Å². The minimum Gasteiger partial charge on any atom is -0.309 e. The fourth-order valence-corrected chi connectivity index (χ4v) is 3.82. The van der Waals surface area contributed by atoms with Gasteiger partial charge in [-0.25, -0.2) is 8.78 Å². The van der Waals surface area contributed by atoms with Crippen LogP contribution in [-0.4, -0.2) is 13.2 Å². The van der Waals surface area contributed by atoms with E-state index >= 15 is 0 Å². The van der Waals surface area contributed by atoms with Crippen LogP contribution < -0.4 is 0 Å². The van der Waals surface area contributed by atoms with Crippen molar-refractivity contribution in [3.63, 3.8) is 0 Å². The Hall–Kier alpha value is -0.290. The molecule has 3 nitrogen and oxygen atoms in total. The monoisotopic (exact) mass is 342 g/mol. The van der Waals surface area contributed by atoms with Crippen molar-refractivity contribution in [1.29, 1.82) is 0 Å². The summed E-state index contributed by atoms with van der Waals surface area (Å²) in [6.07, 6.45) is -0.105. The van der Waals surface area contributed by atoms with Crippen molar-refractivity contribution in [2.24, 2.45) is 0 Å². The first-order valence-electron chi connectivity index (χ1n) is 5.44. The predicted octanol–water partition coefficient (Wildman–Crippen LogP) is 4.49. The van der Waals surface area contributed by atoms with Gasteiger partial charge in [-0.15, -0.1) is 0 Å². The quantitative estimate of drug-likeness (QED) is 0.564. The van der Waals surface area contributed by atoms with Gasteiger partial charge in [0.1, 0.15) is 0 Å². The van der Waals surface area contributed by atoms with E-state index < -0.39 is 19.2 Å². The summed E-state index contributed by atoms with van der Waals surface area (Å²) in [5, 5.41) is 0. The molecule has 0 saturated carbocycles. The second-order valence-corrected chi connectivity index (χ2v) is 6.29. The second kappa shape index (κ2) is 6.75. The van der Waals surface area contributed by atoms with E-state index in [9.17, 15) is 13.3 Å². The molecule has 0 fully saturated rings. The summed E-state index contributed by atoms with van der Waals surface area (Å²) in [5.74, 6) is -1.97. The smallest absolute Gasteiger partial charge is 0.309 e. The van der Waals surface area contributed by atoms with E-state index in [1.165, 1.54) is 6.07 Å². The van der Waals surface area contributed by atoms with Gasteiger partial charge in [0.05, 0.1) is 23.8 Å². The van der Waals surface area contributed by atoms with Crippen LogP contribution >= 0.6 is 23.5 Å². The molecule has 0 aliphatic carbocycles. The molecule has 0 bridgehead atoms. The van der Waals surface area contributed by atoms with Crippen molar-refractivity contribution in [2.45, 2.75) is 20.0 Å². The van der Waals surface area contributed by atoms with E-state index in [0.29, 0.717) is 5.56 Å². The van der Waals surface area contributed by atoms with Gasteiger partial charge in [-0.2, -0.15) is 0 Å². The molecule has 102 valence electrons. The van der Waals surface area contributed by atoms with Crippen molar-refractivity contribution < 1.29 is 22.4 Å². The topological polar surface area (TPSA) is 35.5 Å². The van der Waals surface area contributed by atoms with Crippen LogP contribution in [0.2, 0.25) is 0 Å². The molecule has 1 rings (SSSR count). The van der Waals surface area contributed by atoms with Crippen molar-refractivity contribution >= 4 is 23.5 Å². The third-order valence-electron chi connectivity index (χ3n) is 2.13. The minimum atomic E-state index is -3.32. The molecule has 7 heteroatoms. The average molecular weight is 343 g/mol. The number of hydrogen-bond acceptors (Lipinski definition) is 3. The Kier molecular flexibility index (Phi) is 5.92. The second-order valence-electron chi connectivity index (χ2n) is 3.44. The van der Waals surface area contributed by atoms with Crippen molar-refractivity contribution in [2.75, 3.05) is 13.2 Å². The Balaban J connectivity index is 3.01. The van der Waals surface area contributed by atoms with Gasteiger partial charge in [0.25, 0.3) is 0 Å². The Labute approximate surface area is 113 Å². The first-order valence-corrected chi connectivity index (χ1v) is 7.96. The van der Waals surface area contributed by atoms with E-state index in [2.05, 4.69) is 15.9 Å². The molecule has 1 aromatic rings. The van der Waals surface area contributed by atoms with Gasteiger partial charge in [-0.05, 0) is 41.4 Å². The Morgan fingerprint density at radius 1 is 1.22 bits per heavy atom. The largest absolute Gasteiger partial charge is 0.335 e. The van der Waals surface area contributed by atoms with Crippen LogP contribution in [0.15, 0.2) is 16.6 Å². The molecular weight excluding hydrogens is 329 g/mol. The number of rotatable bonds is 6. The lowest BCUT2D eigenvalue weighted by Gasteiger charge is -2.17. The first-order chi connectivity index (χ1) is 8.43. The van der Waals surface area contributed by atoms with Crippen molar-refractivity contribution in [3.05, 3.63) is 33.8 Å². The van der Waals surface area contributed by atoms with Crippen LogP contribution in [0.4, 0.5) is 8.78 Å². The molecule has 18 heavy (non-hydrogen) atoms. The molecule has 0 N–H and O–H groups in total. The summed E-state index contributed by atoms with van der Waals surface area (Å²) in [6.45, 7) is 3.81. The molecular formula is C11H14BrF2O3P. The maximum Gasteiger partial charge on any atom is 0.335 e. The van der Waals surface area contributed by atoms with Crippen LogP contribution in [0.3, 0.4) is 0 Å². The highest BCUT2D eigenvalue weighted by molar-refractivity contribution is 9.10. The molecule has 0 amide bonds. The van der Waals surface area contributed by atoms with Gasteiger partial charge >= 0.3 is 7.60 Å². The van der Waals surface area contributed by atoms with Gasteiger partial charge in [-0.1, -0.05) is 6.07 Å². The average Bonchev–Trinajstić information content (AvgIpc) is 2.31. The first kappa shape index (κ1) is 15.8. The highest BCUT2D eigenvalue weighted by Gasteiger charge is 2.26. The van der Waals surface area contributed by atoms with Gasteiger partial charge < -0.3 is 9.05 Å². The zero-order chi connectivity index (χ0) is 13.8. The van der Waals surface area contributed by atoms with Gasteiger partial charge in [0.2, 0.25) is 0 Å². The number of benzene rings is 1. The maximum absolute atomic E-state index is 13.3. The molecule has 0 atom stereocenters. The molecule has 0 heterocycles. The summed E-state index contributed by atoms with van der Waals surface area (Å²) in [5.41, 5.74) is 0.346. The summed E-state index contributed by atoms with van der Waals surface area (Å²) in [4.78, 5) is 0. The summed E-state index contributed by atoms with van der Waals surface area (Å²) < 4.78 is 48.7. The maximum atomic E-state index is 13.3.